The Labute approximate surface area is 100.0 Å². The van der Waals surface area contributed by atoms with Crippen LogP contribution in [0.4, 0.5) is 0 Å². The van der Waals surface area contributed by atoms with Crippen molar-refractivity contribution in [3.8, 4) is 0 Å². The second-order valence-corrected chi connectivity index (χ2v) is 6.15. The smallest absolute Gasteiger partial charge is 0.00470 e. The molecule has 3 heteroatoms. The summed E-state index contributed by atoms with van der Waals surface area (Å²) in [5, 5.41) is 0. The number of rotatable bonds is 6. The zero-order chi connectivity index (χ0) is 11.6. The van der Waals surface area contributed by atoms with Gasteiger partial charge < -0.3 is 15.5 Å². The van der Waals surface area contributed by atoms with Crippen LogP contribution < -0.4 is 5.73 Å². The molecule has 0 bridgehead atoms. The van der Waals surface area contributed by atoms with Crippen molar-refractivity contribution in [2.24, 2.45) is 17.1 Å². The monoisotopic (exact) mass is 225 g/mol. The lowest BCUT2D eigenvalue weighted by atomic mass is 10.0. The van der Waals surface area contributed by atoms with E-state index in [0.717, 1.165) is 12.5 Å². The van der Waals surface area contributed by atoms with Crippen LogP contribution in [-0.4, -0.2) is 56.6 Å². The summed E-state index contributed by atoms with van der Waals surface area (Å²) in [6.45, 7) is 5.94. The van der Waals surface area contributed by atoms with Crippen molar-refractivity contribution in [2.45, 2.75) is 25.7 Å². The van der Waals surface area contributed by atoms with Crippen LogP contribution in [0.3, 0.4) is 0 Å². The minimum Gasteiger partial charge on any atom is -0.330 e. The lowest BCUT2D eigenvalue weighted by molar-refractivity contribution is 0.247. The Morgan fingerprint density at radius 1 is 1.44 bits per heavy atom. The highest BCUT2D eigenvalue weighted by Crippen LogP contribution is 2.44. The van der Waals surface area contributed by atoms with E-state index in [9.17, 15) is 0 Å². The fraction of sp³-hybridized carbons (Fsp3) is 1.00. The fourth-order valence-electron chi connectivity index (χ4n) is 2.92. The predicted octanol–water partition coefficient (Wildman–Crippen LogP) is 0.999. The third-order valence-electron chi connectivity index (χ3n) is 4.40. The summed E-state index contributed by atoms with van der Waals surface area (Å²) < 4.78 is 0. The molecule has 2 fully saturated rings. The van der Waals surface area contributed by atoms with Gasteiger partial charge in [-0.25, -0.2) is 0 Å². The molecule has 0 aromatic heterocycles. The topological polar surface area (TPSA) is 32.5 Å². The summed E-state index contributed by atoms with van der Waals surface area (Å²) in [6.07, 6.45) is 5.45. The lowest BCUT2D eigenvalue weighted by Gasteiger charge is -2.23. The Morgan fingerprint density at radius 2 is 2.19 bits per heavy atom. The van der Waals surface area contributed by atoms with Gasteiger partial charge in [-0.1, -0.05) is 0 Å². The van der Waals surface area contributed by atoms with Crippen molar-refractivity contribution >= 4 is 0 Å². The zero-order valence-electron chi connectivity index (χ0n) is 10.9. The van der Waals surface area contributed by atoms with E-state index in [-0.39, 0.29) is 0 Å². The van der Waals surface area contributed by atoms with Gasteiger partial charge in [-0.2, -0.15) is 0 Å². The molecule has 16 heavy (non-hydrogen) atoms. The molecule has 1 unspecified atom stereocenters. The van der Waals surface area contributed by atoms with Crippen molar-refractivity contribution in [2.75, 3.05) is 46.8 Å². The fourth-order valence-corrected chi connectivity index (χ4v) is 2.92. The average Bonchev–Trinajstić information content (AvgIpc) is 2.91. The van der Waals surface area contributed by atoms with Crippen molar-refractivity contribution in [3.05, 3.63) is 0 Å². The van der Waals surface area contributed by atoms with Crippen LogP contribution in [0.25, 0.3) is 0 Å². The van der Waals surface area contributed by atoms with Crippen LogP contribution in [0.2, 0.25) is 0 Å². The summed E-state index contributed by atoms with van der Waals surface area (Å²) in [5.74, 6) is 0.931. The quantitative estimate of drug-likeness (QED) is 0.732. The summed E-state index contributed by atoms with van der Waals surface area (Å²) in [6, 6.07) is 0. The maximum absolute atomic E-state index is 5.82. The predicted molar refractivity (Wildman–Crippen MR) is 68.4 cm³/mol. The van der Waals surface area contributed by atoms with Gasteiger partial charge >= 0.3 is 0 Å². The van der Waals surface area contributed by atoms with E-state index in [1.54, 1.807) is 0 Å². The van der Waals surface area contributed by atoms with Gasteiger partial charge in [0.2, 0.25) is 0 Å². The molecular weight excluding hydrogens is 198 g/mol. The molecule has 1 heterocycles. The standard InChI is InChI=1S/C13H27N3/c1-15-7-3-12(9-15)4-8-16(2)11-13(10-14)5-6-13/h12H,3-11,14H2,1-2H3. The molecule has 0 amide bonds. The second-order valence-electron chi connectivity index (χ2n) is 6.15. The van der Waals surface area contributed by atoms with Crippen molar-refractivity contribution in [1.29, 1.82) is 0 Å². The van der Waals surface area contributed by atoms with Crippen molar-refractivity contribution in [3.63, 3.8) is 0 Å². The van der Waals surface area contributed by atoms with Gasteiger partial charge in [0.05, 0.1) is 0 Å². The first-order chi connectivity index (χ1) is 7.63. The summed E-state index contributed by atoms with van der Waals surface area (Å²) in [7, 11) is 4.49. The molecule has 1 aliphatic heterocycles. The highest BCUT2D eigenvalue weighted by molar-refractivity contribution is 4.95. The molecule has 0 aromatic rings. The Bertz CT molecular complexity index is 225. The van der Waals surface area contributed by atoms with Gasteiger partial charge in [-0.15, -0.1) is 0 Å². The molecule has 1 aliphatic carbocycles. The van der Waals surface area contributed by atoms with Crippen LogP contribution in [-0.2, 0) is 0 Å². The first kappa shape index (κ1) is 12.3. The second kappa shape index (κ2) is 5.03. The van der Waals surface area contributed by atoms with E-state index in [2.05, 4.69) is 23.9 Å². The van der Waals surface area contributed by atoms with Crippen LogP contribution in [0, 0.1) is 11.3 Å². The largest absolute Gasteiger partial charge is 0.330 e. The maximum Gasteiger partial charge on any atom is 0.00470 e. The number of likely N-dealkylation sites (tertiary alicyclic amines) is 1. The van der Waals surface area contributed by atoms with E-state index in [1.807, 2.05) is 0 Å². The number of nitrogens with two attached hydrogens (primary N) is 1. The lowest BCUT2D eigenvalue weighted by Crippen LogP contribution is -2.33. The molecule has 2 N–H and O–H groups in total. The van der Waals surface area contributed by atoms with Crippen LogP contribution in [0.5, 0.6) is 0 Å². The SMILES string of the molecule is CN1CCC(CCN(C)CC2(CN)CC2)C1. The van der Waals surface area contributed by atoms with E-state index in [0.29, 0.717) is 5.41 Å². The van der Waals surface area contributed by atoms with Crippen LogP contribution in [0.15, 0.2) is 0 Å². The minimum absolute atomic E-state index is 0.501. The van der Waals surface area contributed by atoms with Gasteiger partial charge in [-0.05, 0) is 70.7 Å². The van der Waals surface area contributed by atoms with Gasteiger partial charge in [0.1, 0.15) is 0 Å². The average molecular weight is 225 g/mol. The van der Waals surface area contributed by atoms with Crippen molar-refractivity contribution in [1.82, 2.24) is 9.80 Å². The van der Waals surface area contributed by atoms with E-state index < -0.39 is 0 Å². The number of nitrogens with zero attached hydrogens (tertiary/aromatic N) is 2. The minimum atomic E-state index is 0.501. The molecule has 0 radical (unpaired) electrons. The van der Waals surface area contributed by atoms with Crippen LogP contribution in [0.1, 0.15) is 25.7 Å². The molecule has 1 saturated carbocycles. The molecule has 0 aromatic carbocycles. The Morgan fingerprint density at radius 3 is 2.69 bits per heavy atom. The zero-order valence-corrected chi connectivity index (χ0v) is 10.9. The third kappa shape index (κ3) is 3.19. The summed E-state index contributed by atoms with van der Waals surface area (Å²) in [5.41, 5.74) is 6.32. The van der Waals surface area contributed by atoms with E-state index in [4.69, 9.17) is 5.73 Å². The summed E-state index contributed by atoms with van der Waals surface area (Å²) >= 11 is 0. The highest BCUT2D eigenvalue weighted by atomic mass is 15.1. The Hall–Kier alpha value is -0.120. The Balaban J connectivity index is 1.62. The number of hydrogen-bond donors (Lipinski definition) is 1. The van der Waals surface area contributed by atoms with Crippen molar-refractivity contribution < 1.29 is 0 Å². The first-order valence-corrected chi connectivity index (χ1v) is 6.71. The maximum atomic E-state index is 5.82. The molecule has 2 rings (SSSR count). The van der Waals surface area contributed by atoms with Gasteiger partial charge in [0.25, 0.3) is 0 Å². The third-order valence-corrected chi connectivity index (χ3v) is 4.40. The Kier molecular flexibility index (Phi) is 3.88. The van der Waals surface area contributed by atoms with Gasteiger partial charge in [-0.3, -0.25) is 0 Å². The molecule has 3 nitrogen and oxygen atoms in total. The van der Waals surface area contributed by atoms with E-state index in [1.165, 1.54) is 51.9 Å². The van der Waals surface area contributed by atoms with Gasteiger partial charge in [0.15, 0.2) is 0 Å². The normalized spacial score (nSPS) is 28.9. The first-order valence-electron chi connectivity index (χ1n) is 6.71. The van der Waals surface area contributed by atoms with Crippen LogP contribution >= 0.6 is 0 Å². The molecule has 2 aliphatic rings. The highest BCUT2D eigenvalue weighted by Gasteiger charge is 2.41. The molecule has 1 saturated heterocycles. The van der Waals surface area contributed by atoms with Gasteiger partial charge in [0, 0.05) is 13.1 Å². The summed E-state index contributed by atoms with van der Waals surface area (Å²) in [4.78, 5) is 4.95. The molecule has 94 valence electrons. The molecular formula is C13H27N3. The van der Waals surface area contributed by atoms with E-state index >= 15 is 0 Å². The molecule has 1 atom stereocenters. The molecule has 0 spiro atoms. The number of hydrogen-bond acceptors (Lipinski definition) is 3.